The van der Waals surface area contributed by atoms with Gasteiger partial charge in [0.15, 0.2) is 0 Å². The maximum absolute atomic E-state index is 11.5. The Hall–Kier alpha value is -1.59. The quantitative estimate of drug-likeness (QED) is 0.739. The zero-order valence-electron chi connectivity index (χ0n) is 10.4. The Morgan fingerprint density at radius 2 is 2.00 bits per heavy atom. The van der Waals surface area contributed by atoms with Crippen LogP contribution in [0.4, 0.5) is 0 Å². The molecule has 0 saturated heterocycles. The molecule has 1 aromatic rings. The average Bonchev–Trinajstić information content (AvgIpc) is 2.28. The SMILES string of the molecule is COc1ccc(C(N)CC(=O)NN(C)C)cc1. The molecule has 94 valence electrons. The molecule has 0 spiro atoms. The van der Waals surface area contributed by atoms with E-state index in [1.54, 1.807) is 26.2 Å². The lowest BCUT2D eigenvalue weighted by Crippen LogP contribution is -2.37. The van der Waals surface area contributed by atoms with E-state index in [-0.39, 0.29) is 18.4 Å². The third kappa shape index (κ3) is 4.42. The largest absolute Gasteiger partial charge is 0.497 e. The van der Waals surface area contributed by atoms with E-state index in [2.05, 4.69) is 5.43 Å². The molecule has 0 saturated carbocycles. The monoisotopic (exact) mass is 237 g/mol. The van der Waals surface area contributed by atoms with Gasteiger partial charge in [0, 0.05) is 26.6 Å². The van der Waals surface area contributed by atoms with Gasteiger partial charge >= 0.3 is 0 Å². The van der Waals surface area contributed by atoms with E-state index in [1.165, 1.54) is 0 Å². The van der Waals surface area contributed by atoms with Gasteiger partial charge in [-0.25, -0.2) is 5.01 Å². The van der Waals surface area contributed by atoms with Crippen molar-refractivity contribution < 1.29 is 9.53 Å². The van der Waals surface area contributed by atoms with Crippen LogP contribution in [-0.4, -0.2) is 32.1 Å². The van der Waals surface area contributed by atoms with Crippen molar-refractivity contribution in [1.82, 2.24) is 10.4 Å². The Labute approximate surface area is 102 Å². The van der Waals surface area contributed by atoms with E-state index in [0.717, 1.165) is 11.3 Å². The molecule has 1 amide bonds. The number of hydrogen-bond acceptors (Lipinski definition) is 4. The van der Waals surface area contributed by atoms with Crippen LogP contribution in [0.3, 0.4) is 0 Å². The van der Waals surface area contributed by atoms with Gasteiger partial charge in [0.25, 0.3) is 0 Å². The van der Waals surface area contributed by atoms with Crippen molar-refractivity contribution in [2.75, 3.05) is 21.2 Å². The van der Waals surface area contributed by atoms with Crippen molar-refractivity contribution in [2.24, 2.45) is 5.73 Å². The topological polar surface area (TPSA) is 67.6 Å². The molecule has 5 heteroatoms. The number of ether oxygens (including phenoxy) is 1. The van der Waals surface area contributed by atoms with Crippen molar-refractivity contribution in [1.29, 1.82) is 0 Å². The number of carbonyl (C=O) groups excluding carboxylic acids is 1. The van der Waals surface area contributed by atoms with Crippen LogP contribution < -0.4 is 15.9 Å². The third-order valence-corrected chi connectivity index (χ3v) is 2.30. The summed E-state index contributed by atoms with van der Waals surface area (Å²) < 4.78 is 5.06. The highest BCUT2D eigenvalue weighted by Gasteiger charge is 2.11. The van der Waals surface area contributed by atoms with Crippen LogP contribution in [0.5, 0.6) is 5.75 Å². The van der Waals surface area contributed by atoms with E-state index in [0.29, 0.717) is 0 Å². The fourth-order valence-corrected chi connectivity index (χ4v) is 1.46. The maximum atomic E-state index is 11.5. The van der Waals surface area contributed by atoms with Gasteiger partial charge in [0.1, 0.15) is 5.75 Å². The van der Waals surface area contributed by atoms with Gasteiger partial charge in [-0.15, -0.1) is 0 Å². The normalized spacial score (nSPS) is 12.3. The molecule has 0 heterocycles. The Kier molecular flexibility index (Phi) is 4.93. The summed E-state index contributed by atoms with van der Waals surface area (Å²) in [4.78, 5) is 11.5. The first kappa shape index (κ1) is 13.5. The summed E-state index contributed by atoms with van der Waals surface area (Å²) in [6.07, 6.45) is 0.254. The van der Waals surface area contributed by atoms with Crippen LogP contribution in [0.1, 0.15) is 18.0 Å². The molecule has 17 heavy (non-hydrogen) atoms. The Bertz CT molecular complexity index is 363. The molecule has 1 atom stereocenters. The molecule has 0 aliphatic rings. The predicted molar refractivity (Wildman–Crippen MR) is 66.4 cm³/mol. The van der Waals surface area contributed by atoms with Gasteiger partial charge in [-0.3, -0.25) is 10.2 Å². The molecule has 0 fully saturated rings. The second kappa shape index (κ2) is 6.22. The summed E-state index contributed by atoms with van der Waals surface area (Å²) in [7, 11) is 5.13. The third-order valence-electron chi connectivity index (χ3n) is 2.30. The minimum absolute atomic E-state index is 0.0988. The number of carbonyl (C=O) groups is 1. The van der Waals surface area contributed by atoms with Crippen molar-refractivity contribution >= 4 is 5.91 Å². The lowest BCUT2D eigenvalue weighted by molar-refractivity contribution is -0.125. The fraction of sp³-hybridized carbons (Fsp3) is 0.417. The van der Waals surface area contributed by atoms with Gasteiger partial charge in [-0.2, -0.15) is 0 Å². The first-order valence-electron chi connectivity index (χ1n) is 5.39. The van der Waals surface area contributed by atoms with Crippen molar-refractivity contribution in [3.05, 3.63) is 29.8 Å². The molecule has 1 aromatic carbocycles. The van der Waals surface area contributed by atoms with E-state index in [1.807, 2.05) is 24.3 Å². The van der Waals surface area contributed by atoms with Gasteiger partial charge in [0.2, 0.25) is 5.91 Å². The maximum Gasteiger partial charge on any atom is 0.236 e. The Morgan fingerprint density at radius 3 is 2.47 bits per heavy atom. The molecule has 0 bridgehead atoms. The standard InChI is InChI=1S/C12H19N3O2/c1-15(2)14-12(16)8-11(13)9-4-6-10(17-3)7-5-9/h4-7,11H,8,13H2,1-3H3,(H,14,16). The van der Waals surface area contributed by atoms with Gasteiger partial charge in [0.05, 0.1) is 7.11 Å². The second-order valence-corrected chi connectivity index (χ2v) is 4.01. The number of nitrogens with zero attached hydrogens (tertiary/aromatic N) is 1. The molecular formula is C12H19N3O2. The number of hydrazine groups is 1. The van der Waals surface area contributed by atoms with Crippen LogP contribution in [-0.2, 0) is 4.79 Å². The van der Waals surface area contributed by atoms with Crippen LogP contribution >= 0.6 is 0 Å². The second-order valence-electron chi connectivity index (χ2n) is 4.01. The van der Waals surface area contributed by atoms with E-state index in [4.69, 9.17) is 10.5 Å². The first-order valence-corrected chi connectivity index (χ1v) is 5.39. The van der Waals surface area contributed by atoms with E-state index >= 15 is 0 Å². The summed E-state index contributed by atoms with van der Waals surface area (Å²) in [6, 6.07) is 7.10. The number of amides is 1. The molecule has 0 radical (unpaired) electrons. The van der Waals surface area contributed by atoms with E-state index < -0.39 is 0 Å². The fourth-order valence-electron chi connectivity index (χ4n) is 1.46. The molecule has 0 aliphatic carbocycles. The molecule has 0 aliphatic heterocycles. The summed E-state index contributed by atoms with van der Waals surface area (Å²) in [5, 5.41) is 1.60. The van der Waals surface area contributed by atoms with Gasteiger partial charge < -0.3 is 10.5 Å². The highest BCUT2D eigenvalue weighted by atomic mass is 16.5. The number of rotatable bonds is 5. The van der Waals surface area contributed by atoms with Gasteiger partial charge in [-0.1, -0.05) is 12.1 Å². The molecule has 5 nitrogen and oxygen atoms in total. The predicted octanol–water partition coefficient (Wildman–Crippen LogP) is 0.678. The summed E-state index contributed by atoms with van der Waals surface area (Å²) in [6.45, 7) is 0. The first-order chi connectivity index (χ1) is 8.02. The minimum Gasteiger partial charge on any atom is -0.497 e. The highest BCUT2D eigenvalue weighted by molar-refractivity contribution is 5.76. The Balaban J connectivity index is 2.56. The summed E-state index contributed by atoms with van der Waals surface area (Å²) in [5.74, 6) is 0.678. The van der Waals surface area contributed by atoms with Crippen molar-refractivity contribution in [2.45, 2.75) is 12.5 Å². The number of nitrogens with one attached hydrogen (secondary N) is 1. The molecule has 1 rings (SSSR count). The minimum atomic E-state index is -0.305. The molecule has 3 N–H and O–H groups in total. The summed E-state index contributed by atoms with van der Waals surface area (Å²) >= 11 is 0. The number of hydrogen-bond donors (Lipinski definition) is 2. The molecule has 1 unspecified atom stereocenters. The number of nitrogens with two attached hydrogens (primary N) is 1. The molecular weight excluding hydrogens is 218 g/mol. The lowest BCUT2D eigenvalue weighted by Gasteiger charge is -2.15. The lowest BCUT2D eigenvalue weighted by atomic mass is 10.0. The van der Waals surface area contributed by atoms with Crippen molar-refractivity contribution in [3.63, 3.8) is 0 Å². The van der Waals surface area contributed by atoms with E-state index in [9.17, 15) is 4.79 Å². The smallest absolute Gasteiger partial charge is 0.236 e. The number of methoxy groups -OCH3 is 1. The van der Waals surface area contributed by atoms with Crippen LogP contribution in [0.25, 0.3) is 0 Å². The van der Waals surface area contributed by atoms with Crippen LogP contribution in [0, 0.1) is 0 Å². The highest BCUT2D eigenvalue weighted by Crippen LogP contribution is 2.18. The molecule has 0 aromatic heterocycles. The zero-order valence-corrected chi connectivity index (χ0v) is 10.4. The van der Waals surface area contributed by atoms with Crippen LogP contribution in [0.15, 0.2) is 24.3 Å². The van der Waals surface area contributed by atoms with Gasteiger partial charge in [-0.05, 0) is 17.7 Å². The number of benzene rings is 1. The Morgan fingerprint density at radius 1 is 1.41 bits per heavy atom. The average molecular weight is 237 g/mol. The van der Waals surface area contributed by atoms with Crippen molar-refractivity contribution in [3.8, 4) is 5.75 Å². The summed E-state index contributed by atoms with van der Waals surface area (Å²) in [5.41, 5.74) is 9.52. The zero-order chi connectivity index (χ0) is 12.8. The van der Waals surface area contributed by atoms with Crippen LogP contribution in [0.2, 0.25) is 0 Å².